The van der Waals surface area contributed by atoms with Crippen LogP contribution in [-0.4, -0.2) is 16.9 Å². The molecule has 0 unspecified atom stereocenters. The SMILES string of the molecule is CC=C(C)C=C1C(=O)NC(=S)NC1=O. The molecule has 1 rings (SSSR count). The van der Waals surface area contributed by atoms with Gasteiger partial charge in [-0.05, 0) is 32.1 Å². The van der Waals surface area contributed by atoms with E-state index in [2.05, 4.69) is 22.9 Å². The van der Waals surface area contributed by atoms with Gasteiger partial charge in [-0.3, -0.25) is 20.2 Å². The Morgan fingerprint density at radius 3 is 2.21 bits per heavy atom. The van der Waals surface area contributed by atoms with Crippen molar-refractivity contribution < 1.29 is 9.59 Å². The van der Waals surface area contributed by atoms with E-state index in [-0.39, 0.29) is 10.7 Å². The summed E-state index contributed by atoms with van der Waals surface area (Å²) < 4.78 is 0. The van der Waals surface area contributed by atoms with Gasteiger partial charge in [0.25, 0.3) is 11.8 Å². The van der Waals surface area contributed by atoms with Gasteiger partial charge in [-0.2, -0.15) is 0 Å². The number of amides is 2. The van der Waals surface area contributed by atoms with Gasteiger partial charge < -0.3 is 0 Å². The lowest BCUT2D eigenvalue weighted by Gasteiger charge is -2.16. The van der Waals surface area contributed by atoms with Gasteiger partial charge in [0, 0.05) is 0 Å². The number of hydrogen-bond acceptors (Lipinski definition) is 3. The first-order valence-electron chi connectivity index (χ1n) is 4.06. The van der Waals surface area contributed by atoms with Crippen molar-refractivity contribution in [3.63, 3.8) is 0 Å². The van der Waals surface area contributed by atoms with Gasteiger partial charge in [0.15, 0.2) is 5.11 Å². The number of carbonyl (C=O) groups excluding carboxylic acids is 2. The van der Waals surface area contributed by atoms with Crippen molar-refractivity contribution in [3.8, 4) is 0 Å². The smallest absolute Gasteiger partial charge is 0.263 e. The standard InChI is InChI=1S/C9H10N2O2S/c1-3-5(2)4-6-7(12)10-9(14)11-8(6)13/h3-4H,1-2H3,(H2,10,11,12,13,14). The molecule has 0 spiro atoms. The average Bonchev–Trinajstić information content (AvgIpc) is 2.10. The maximum absolute atomic E-state index is 11.3. The third kappa shape index (κ3) is 2.26. The van der Waals surface area contributed by atoms with Crippen LogP contribution in [-0.2, 0) is 9.59 Å². The van der Waals surface area contributed by atoms with Crippen molar-refractivity contribution in [2.75, 3.05) is 0 Å². The van der Waals surface area contributed by atoms with Crippen LogP contribution >= 0.6 is 12.2 Å². The number of nitrogens with one attached hydrogen (secondary N) is 2. The van der Waals surface area contributed by atoms with Crippen molar-refractivity contribution in [1.82, 2.24) is 10.6 Å². The highest BCUT2D eigenvalue weighted by molar-refractivity contribution is 7.80. The minimum atomic E-state index is -0.458. The van der Waals surface area contributed by atoms with Gasteiger partial charge in [0.2, 0.25) is 0 Å². The molecule has 5 heteroatoms. The van der Waals surface area contributed by atoms with Crippen LogP contribution in [0.2, 0.25) is 0 Å². The fourth-order valence-electron chi connectivity index (χ4n) is 0.917. The van der Waals surface area contributed by atoms with Gasteiger partial charge in [-0.25, -0.2) is 0 Å². The second-order valence-corrected chi connectivity index (χ2v) is 3.24. The molecule has 0 bridgehead atoms. The fraction of sp³-hybridized carbons (Fsp3) is 0.222. The van der Waals surface area contributed by atoms with E-state index < -0.39 is 11.8 Å². The van der Waals surface area contributed by atoms with Crippen LogP contribution in [0.3, 0.4) is 0 Å². The maximum Gasteiger partial charge on any atom is 0.263 e. The Bertz CT molecular complexity index is 347. The topological polar surface area (TPSA) is 58.2 Å². The zero-order valence-corrected chi connectivity index (χ0v) is 8.70. The molecule has 4 nitrogen and oxygen atoms in total. The van der Waals surface area contributed by atoms with Crippen LogP contribution in [0.15, 0.2) is 23.3 Å². The van der Waals surface area contributed by atoms with Crippen molar-refractivity contribution >= 4 is 29.1 Å². The van der Waals surface area contributed by atoms with Gasteiger partial charge >= 0.3 is 0 Å². The molecule has 0 saturated carbocycles. The van der Waals surface area contributed by atoms with Crippen LogP contribution in [0.1, 0.15) is 13.8 Å². The molecule has 1 aliphatic heterocycles. The third-order valence-corrected chi connectivity index (χ3v) is 1.97. The summed E-state index contributed by atoms with van der Waals surface area (Å²) in [5.74, 6) is -0.917. The quantitative estimate of drug-likeness (QED) is 0.374. The van der Waals surface area contributed by atoms with Gasteiger partial charge in [0.1, 0.15) is 5.57 Å². The van der Waals surface area contributed by atoms with E-state index >= 15 is 0 Å². The van der Waals surface area contributed by atoms with E-state index in [1.54, 1.807) is 13.0 Å². The summed E-state index contributed by atoms with van der Waals surface area (Å²) in [7, 11) is 0. The maximum atomic E-state index is 11.3. The Hall–Kier alpha value is -1.49. The molecule has 0 atom stereocenters. The second-order valence-electron chi connectivity index (χ2n) is 2.83. The molecule has 1 heterocycles. The van der Waals surface area contributed by atoms with Crippen LogP contribution in [0.4, 0.5) is 0 Å². The van der Waals surface area contributed by atoms with Crippen LogP contribution in [0, 0.1) is 0 Å². The summed E-state index contributed by atoms with van der Waals surface area (Å²) in [5, 5.41) is 4.76. The van der Waals surface area contributed by atoms with Gasteiger partial charge in [0.05, 0.1) is 0 Å². The lowest BCUT2D eigenvalue weighted by atomic mass is 10.1. The molecule has 1 aliphatic rings. The van der Waals surface area contributed by atoms with E-state index in [4.69, 9.17) is 0 Å². The molecule has 0 aromatic heterocycles. The van der Waals surface area contributed by atoms with Crippen molar-refractivity contribution in [2.45, 2.75) is 13.8 Å². The first-order valence-corrected chi connectivity index (χ1v) is 4.46. The first kappa shape index (κ1) is 10.6. The minimum Gasteiger partial charge on any atom is -0.299 e. The fourth-order valence-corrected chi connectivity index (χ4v) is 1.10. The molecule has 74 valence electrons. The first-order chi connectivity index (χ1) is 6.54. The third-order valence-electron chi connectivity index (χ3n) is 1.77. The number of carbonyl (C=O) groups is 2. The highest BCUT2D eigenvalue weighted by atomic mass is 32.1. The summed E-state index contributed by atoms with van der Waals surface area (Å²) >= 11 is 4.65. The summed E-state index contributed by atoms with van der Waals surface area (Å²) in [6.07, 6.45) is 3.33. The lowest BCUT2D eigenvalue weighted by molar-refractivity contribution is -0.123. The van der Waals surface area contributed by atoms with Crippen LogP contribution in [0.25, 0.3) is 0 Å². The minimum absolute atomic E-state index is 0.0512. The molecule has 0 aromatic rings. The number of rotatable bonds is 1. The molecule has 2 amide bonds. The summed E-state index contributed by atoms with van der Waals surface area (Å²) in [6.45, 7) is 3.64. The highest BCUT2D eigenvalue weighted by Crippen LogP contribution is 2.05. The number of thiocarbonyl (C=S) groups is 1. The number of hydrogen-bond donors (Lipinski definition) is 2. The van der Waals surface area contributed by atoms with Crippen LogP contribution < -0.4 is 10.6 Å². The largest absolute Gasteiger partial charge is 0.299 e. The average molecular weight is 210 g/mol. The monoisotopic (exact) mass is 210 g/mol. The summed E-state index contributed by atoms with van der Waals surface area (Å²) in [5.41, 5.74) is 0.923. The van der Waals surface area contributed by atoms with E-state index in [1.807, 2.05) is 6.92 Å². The van der Waals surface area contributed by atoms with E-state index in [0.717, 1.165) is 5.57 Å². The van der Waals surface area contributed by atoms with E-state index in [9.17, 15) is 9.59 Å². The molecule has 2 N–H and O–H groups in total. The van der Waals surface area contributed by atoms with Gasteiger partial charge in [-0.1, -0.05) is 11.6 Å². The highest BCUT2D eigenvalue weighted by Gasteiger charge is 2.25. The Labute approximate surface area is 87.1 Å². The van der Waals surface area contributed by atoms with Crippen molar-refractivity contribution in [3.05, 3.63) is 23.3 Å². The van der Waals surface area contributed by atoms with Crippen molar-refractivity contribution in [2.24, 2.45) is 0 Å². The van der Waals surface area contributed by atoms with E-state index in [0.29, 0.717) is 0 Å². The normalized spacial score (nSPS) is 17.7. The number of allylic oxidation sites excluding steroid dienone is 3. The lowest BCUT2D eigenvalue weighted by Crippen LogP contribution is -2.51. The zero-order valence-electron chi connectivity index (χ0n) is 7.88. The van der Waals surface area contributed by atoms with Crippen LogP contribution in [0.5, 0.6) is 0 Å². The predicted octanol–water partition coefficient (Wildman–Crippen LogP) is 0.410. The Kier molecular flexibility index (Phi) is 3.14. The molecule has 0 radical (unpaired) electrons. The van der Waals surface area contributed by atoms with Crippen molar-refractivity contribution in [1.29, 1.82) is 0 Å². The van der Waals surface area contributed by atoms with E-state index in [1.165, 1.54) is 6.08 Å². The molecule has 1 saturated heterocycles. The molecule has 14 heavy (non-hydrogen) atoms. The summed E-state index contributed by atoms with van der Waals surface area (Å²) in [6, 6.07) is 0. The second kappa shape index (κ2) is 4.15. The molecule has 0 aliphatic carbocycles. The Morgan fingerprint density at radius 2 is 1.79 bits per heavy atom. The van der Waals surface area contributed by atoms with Gasteiger partial charge in [-0.15, -0.1) is 0 Å². The Balaban J connectivity index is 2.99. The molecule has 1 fully saturated rings. The Morgan fingerprint density at radius 1 is 1.29 bits per heavy atom. The summed E-state index contributed by atoms with van der Waals surface area (Å²) in [4.78, 5) is 22.6. The molecular formula is C9H10N2O2S. The zero-order chi connectivity index (χ0) is 10.7. The molecule has 0 aromatic carbocycles. The predicted molar refractivity (Wildman–Crippen MR) is 56.4 cm³/mol. The molecular weight excluding hydrogens is 200 g/mol.